The Balaban J connectivity index is 4.46. The third-order valence-corrected chi connectivity index (χ3v) is 14.7. The highest BCUT2D eigenvalue weighted by molar-refractivity contribution is 5.71. The summed E-state index contributed by atoms with van der Waals surface area (Å²) in [4.78, 5) is 38.5. The quantitative estimate of drug-likeness (QED) is 0.0261. The zero-order chi connectivity index (χ0) is 59.9. The number of ether oxygens (including phenoxy) is 3. The molecule has 0 N–H and O–H groups in total. The summed E-state index contributed by atoms with van der Waals surface area (Å²) in [5, 5.41) is 0. The third-order valence-electron chi connectivity index (χ3n) is 14.7. The molecule has 1 unspecified atom stereocenters. The van der Waals surface area contributed by atoms with Crippen molar-refractivity contribution in [3.8, 4) is 0 Å². The zero-order valence-electron chi connectivity index (χ0n) is 54.2. The molecule has 0 aliphatic carbocycles. The Morgan fingerprint density at radius 3 is 0.735 bits per heavy atom. The summed E-state index contributed by atoms with van der Waals surface area (Å²) in [7, 11) is 0. The van der Waals surface area contributed by atoms with Crippen molar-refractivity contribution in [2.75, 3.05) is 13.2 Å². The molecule has 0 rings (SSSR count). The van der Waals surface area contributed by atoms with Gasteiger partial charge in [0.1, 0.15) is 13.2 Å². The molecule has 0 heterocycles. The number of hydrogen-bond acceptors (Lipinski definition) is 6. The molecule has 83 heavy (non-hydrogen) atoms. The average molecular weight is 1150 g/mol. The average Bonchev–Trinajstić information content (AvgIpc) is 3.50. The first-order valence-electron chi connectivity index (χ1n) is 34.7. The van der Waals surface area contributed by atoms with Gasteiger partial charge in [-0.05, 0) is 116 Å². The molecule has 6 heteroatoms. The third kappa shape index (κ3) is 68.2. The lowest BCUT2D eigenvalue weighted by molar-refractivity contribution is -0.167. The first-order valence-corrected chi connectivity index (χ1v) is 34.7. The van der Waals surface area contributed by atoms with Crippen LogP contribution in [-0.2, 0) is 28.6 Å². The van der Waals surface area contributed by atoms with Gasteiger partial charge >= 0.3 is 17.9 Å². The molecule has 0 aromatic carbocycles. The van der Waals surface area contributed by atoms with E-state index in [1.165, 1.54) is 116 Å². The van der Waals surface area contributed by atoms with Crippen molar-refractivity contribution >= 4 is 17.9 Å². The number of hydrogen-bond donors (Lipinski definition) is 0. The maximum Gasteiger partial charge on any atom is 0.306 e. The first-order chi connectivity index (χ1) is 41.0. The van der Waals surface area contributed by atoms with Crippen molar-refractivity contribution in [1.82, 2.24) is 0 Å². The fourth-order valence-electron chi connectivity index (χ4n) is 9.53. The van der Waals surface area contributed by atoms with Crippen LogP contribution in [0.5, 0.6) is 0 Å². The summed E-state index contributed by atoms with van der Waals surface area (Å²) < 4.78 is 17.0. The van der Waals surface area contributed by atoms with Crippen LogP contribution in [0.4, 0.5) is 0 Å². The Bertz CT molecular complexity index is 1750. The number of carbonyl (C=O) groups excluding carboxylic acids is 3. The van der Waals surface area contributed by atoms with Crippen LogP contribution in [0.1, 0.15) is 316 Å². The summed E-state index contributed by atoms with van der Waals surface area (Å²) in [6.45, 7) is 6.42. The van der Waals surface area contributed by atoms with Gasteiger partial charge in [0.05, 0.1) is 0 Å². The van der Waals surface area contributed by atoms with Crippen molar-refractivity contribution in [3.05, 3.63) is 134 Å². The van der Waals surface area contributed by atoms with Crippen molar-refractivity contribution in [2.24, 2.45) is 0 Å². The standard InChI is InChI=1S/C77H128O6/c1-4-7-10-13-16-19-22-25-28-31-34-36-37-38-39-41-43-46-49-52-55-58-61-64-67-70-76(79)82-73-74(72-81-75(78)69-66-63-60-57-54-51-48-45-42-33-30-27-24-21-18-15-12-9-6-3)83-77(80)71-68-65-62-59-56-53-50-47-44-40-35-32-29-26-23-20-17-14-11-8-5-2/h7-8,10-11,16-17,19-20,25-26,28-29,34-36,38-40,43,46-47,50,74H,4-6,9,12-15,18,21-24,27,30-33,37,41-42,44-45,48-49,51-73H2,1-3H3/b10-7-,11-8-,19-16-,20-17-,28-25-,29-26-,36-34-,39-38-,40-35-,46-43-,50-47-. The molecule has 0 spiro atoms. The molecule has 0 aliphatic heterocycles. The van der Waals surface area contributed by atoms with Gasteiger partial charge in [-0.2, -0.15) is 0 Å². The number of rotatable bonds is 62. The summed E-state index contributed by atoms with van der Waals surface area (Å²) in [5.74, 6) is -0.916. The Labute approximate surface area is 513 Å². The zero-order valence-corrected chi connectivity index (χ0v) is 54.2. The van der Waals surface area contributed by atoms with Gasteiger partial charge in [-0.25, -0.2) is 0 Å². The van der Waals surface area contributed by atoms with Crippen molar-refractivity contribution < 1.29 is 28.6 Å². The minimum atomic E-state index is -0.801. The topological polar surface area (TPSA) is 78.9 Å². The second kappa shape index (κ2) is 70.0. The summed E-state index contributed by atoms with van der Waals surface area (Å²) >= 11 is 0. The van der Waals surface area contributed by atoms with Crippen LogP contribution < -0.4 is 0 Å². The predicted octanol–water partition coefficient (Wildman–Crippen LogP) is 24.1. The molecule has 0 aromatic rings. The van der Waals surface area contributed by atoms with Crippen LogP contribution in [0, 0.1) is 0 Å². The van der Waals surface area contributed by atoms with E-state index < -0.39 is 6.10 Å². The van der Waals surface area contributed by atoms with Gasteiger partial charge in [0, 0.05) is 19.3 Å². The van der Waals surface area contributed by atoms with Gasteiger partial charge in [0.2, 0.25) is 0 Å². The van der Waals surface area contributed by atoms with Crippen LogP contribution in [0.15, 0.2) is 134 Å². The smallest absolute Gasteiger partial charge is 0.306 e. The largest absolute Gasteiger partial charge is 0.462 e. The fourth-order valence-corrected chi connectivity index (χ4v) is 9.53. The van der Waals surface area contributed by atoms with Crippen LogP contribution in [0.3, 0.4) is 0 Å². The molecule has 6 nitrogen and oxygen atoms in total. The van der Waals surface area contributed by atoms with Gasteiger partial charge in [-0.1, -0.05) is 315 Å². The van der Waals surface area contributed by atoms with Crippen LogP contribution in [0.25, 0.3) is 0 Å². The van der Waals surface area contributed by atoms with Gasteiger partial charge in [-0.15, -0.1) is 0 Å². The molecular weight excluding hydrogens is 1020 g/mol. The Morgan fingerprint density at radius 2 is 0.470 bits per heavy atom. The molecule has 0 fully saturated rings. The minimum Gasteiger partial charge on any atom is -0.462 e. The van der Waals surface area contributed by atoms with Crippen molar-refractivity contribution in [1.29, 1.82) is 0 Å². The van der Waals surface area contributed by atoms with Gasteiger partial charge in [0.15, 0.2) is 6.10 Å². The molecule has 1 atom stereocenters. The molecule has 0 amide bonds. The molecule has 472 valence electrons. The molecule has 0 radical (unpaired) electrons. The van der Waals surface area contributed by atoms with Gasteiger partial charge in [0.25, 0.3) is 0 Å². The summed E-state index contributed by atoms with van der Waals surface area (Å²) in [5.41, 5.74) is 0. The second-order valence-corrected chi connectivity index (χ2v) is 22.7. The van der Waals surface area contributed by atoms with Crippen LogP contribution in [-0.4, -0.2) is 37.2 Å². The van der Waals surface area contributed by atoms with Gasteiger partial charge in [-0.3, -0.25) is 14.4 Å². The maximum absolute atomic E-state index is 13.0. The molecular formula is C77H128O6. The Morgan fingerprint density at radius 1 is 0.253 bits per heavy atom. The fraction of sp³-hybridized carbons (Fsp3) is 0.675. The van der Waals surface area contributed by atoms with E-state index in [4.69, 9.17) is 14.2 Å². The molecule has 0 aliphatic rings. The Kier molecular flexibility index (Phi) is 66.3. The molecule has 0 saturated carbocycles. The van der Waals surface area contributed by atoms with E-state index >= 15 is 0 Å². The van der Waals surface area contributed by atoms with E-state index in [1.54, 1.807) is 0 Å². The van der Waals surface area contributed by atoms with Gasteiger partial charge < -0.3 is 14.2 Å². The number of allylic oxidation sites excluding steroid dienone is 22. The lowest BCUT2D eigenvalue weighted by Crippen LogP contribution is -2.30. The first kappa shape index (κ1) is 78.5. The van der Waals surface area contributed by atoms with Crippen LogP contribution in [0.2, 0.25) is 0 Å². The highest BCUT2D eigenvalue weighted by Gasteiger charge is 2.19. The number of esters is 3. The molecule has 0 saturated heterocycles. The van der Waals surface area contributed by atoms with E-state index in [1.807, 2.05) is 0 Å². The van der Waals surface area contributed by atoms with E-state index in [0.29, 0.717) is 19.3 Å². The van der Waals surface area contributed by atoms with Crippen molar-refractivity contribution in [2.45, 2.75) is 322 Å². The Hall–Kier alpha value is -4.45. The molecule has 0 bridgehead atoms. The lowest BCUT2D eigenvalue weighted by Gasteiger charge is -2.18. The van der Waals surface area contributed by atoms with Crippen LogP contribution >= 0.6 is 0 Å². The van der Waals surface area contributed by atoms with Crippen molar-refractivity contribution in [3.63, 3.8) is 0 Å². The monoisotopic (exact) mass is 1150 g/mol. The SMILES string of the molecule is CC/C=C\C/C=C\C/C=C\C/C=C\C/C=C\C/C=C\CCCCCCCCC(=O)OCC(COC(=O)CCCCCCCCCCCCCCCCCCCCC)OC(=O)CCCCCCC/C=C\C/C=C\C/C=C\C/C=C\C/C=C\CC. The number of carbonyl (C=O) groups is 3. The maximum atomic E-state index is 13.0. The summed E-state index contributed by atoms with van der Waals surface area (Å²) in [6, 6.07) is 0. The predicted molar refractivity (Wildman–Crippen MR) is 362 cm³/mol. The lowest BCUT2D eigenvalue weighted by atomic mass is 10.0. The normalized spacial score (nSPS) is 13.0. The van der Waals surface area contributed by atoms with E-state index in [9.17, 15) is 14.4 Å². The second-order valence-electron chi connectivity index (χ2n) is 22.7. The highest BCUT2D eigenvalue weighted by atomic mass is 16.6. The van der Waals surface area contributed by atoms with E-state index in [-0.39, 0.29) is 31.1 Å². The molecule has 0 aromatic heterocycles. The highest BCUT2D eigenvalue weighted by Crippen LogP contribution is 2.17. The van der Waals surface area contributed by atoms with E-state index in [0.717, 1.165) is 161 Å². The summed E-state index contributed by atoms with van der Waals surface area (Å²) in [6.07, 6.45) is 98.9. The number of unbranched alkanes of at least 4 members (excludes halogenated alkanes) is 29. The van der Waals surface area contributed by atoms with E-state index in [2.05, 4.69) is 154 Å². The minimum absolute atomic E-state index is 0.0919.